The number of alkyl halides is 3. The molecule has 21 heavy (non-hydrogen) atoms. The number of aromatic nitrogens is 1. The molecule has 0 amide bonds. The maximum Gasteiger partial charge on any atom is 0.416 e. The van der Waals surface area contributed by atoms with E-state index in [2.05, 4.69) is 26.2 Å². The van der Waals surface area contributed by atoms with Crippen LogP contribution in [-0.2, 0) is 6.18 Å². The zero-order valence-corrected chi connectivity index (χ0v) is 12.3. The number of anilines is 1. The Kier molecular flexibility index (Phi) is 4.84. The molecule has 0 aliphatic rings. The van der Waals surface area contributed by atoms with Gasteiger partial charge in [-0.1, -0.05) is 12.1 Å². The molecular weight excluding hydrogens is 349 g/mol. The summed E-state index contributed by atoms with van der Waals surface area (Å²) in [5, 5.41) is 12.9. The third kappa shape index (κ3) is 4.44. The average molecular weight is 361 g/mol. The van der Waals surface area contributed by atoms with Crippen LogP contribution in [0.5, 0.6) is 0 Å². The van der Waals surface area contributed by atoms with Crippen molar-refractivity contribution < 1.29 is 18.3 Å². The number of hydrogen-bond acceptors (Lipinski definition) is 3. The molecule has 0 aliphatic carbocycles. The molecule has 1 aromatic heterocycles. The quantitative estimate of drug-likeness (QED) is 0.865. The Balaban J connectivity index is 2.05. The fourth-order valence-electron chi connectivity index (χ4n) is 1.76. The Morgan fingerprint density at radius 3 is 2.67 bits per heavy atom. The molecule has 3 nitrogen and oxygen atoms in total. The minimum atomic E-state index is -4.42. The van der Waals surface area contributed by atoms with Gasteiger partial charge < -0.3 is 10.4 Å². The van der Waals surface area contributed by atoms with Crippen LogP contribution < -0.4 is 5.32 Å². The number of benzene rings is 1. The highest BCUT2D eigenvalue weighted by atomic mass is 79.9. The van der Waals surface area contributed by atoms with Crippen LogP contribution in [0.2, 0.25) is 0 Å². The number of rotatable bonds is 4. The summed E-state index contributed by atoms with van der Waals surface area (Å²) < 4.78 is 38.6. The molecule has 0 bridgehead atoms. The maximum absolute atomic E-state index is 12.6. The van der Waals surface area contributed by atoms with Crippen LogP contribution in [0.15, 0.2) is 47.2 Å². The molecule has 0 radical (unpaired) electrons. The van der Waals surface area contributed by atoms with Crippen molar-refractivity contribution in [1.29, 1.82) is 0 Å². The normalized spacial score (nSPS) is 13.0. The monoisotopic (exact) mass is 360 g/mol. The van der Waals surface area contributed by atoms with Gasteiger partial charge >= 0.3 is 6.18 Å². The number of hydrogen-bond donors (Lipinski definition) is 2. The second kappa shape index (κ2) is 6.44. The van der Waals surface area contributed by atoms with E-state index in [0.29, 0.717) is 5.69 Å². The number of nitrogens with zero attached hydrogens (tertiary/aromatic N) is 1. The van der Waals surface area contributed by atoms with Crippen molar-refractivity contribution in [3.05, 3.63) is 58.3 Å². The van der Waals surface area contributed by atoms with E-state index in [4.69, 9.17) is 0 Å². The van der Waals surface area contributed by atoms with Gasteiger partial charge in [0, 0.05) is 17.2 Å². The molecule has 1 heterocycles. The van der Waals surface area contributed by atoms with Crippen LogP contribution in [0, 0.1) is 0 Å². The number of pyridine rings is 1. The molecule has 2 rings (SSSR count). The van der Waals surface area contributed by atoms with Crippen molar-refractivity contribution in [3.8, 4) is 0 Å². The van der Waals surface area contributed by atoms with Gasteiger partial charge in [-0.25, -0.2) is 0 Å². The van der Waals surface area contributed by atoms with Crippen LogP contribution in [0.1, 0.15) is 17.2 Å². The Bertz CT molecular complexity index is 619. The molecule has 2 N–H and O–H groups in total. The molecule has 7 heteroatoms. The highest BCUT2D eigenvalue weighted by molar-refractivity contribution is 9.10. The highest BCUT2D eigenvalue weighted by Crippen LogP contribution is 2.30. The summed E-state index contributed by atoms with van der Waals surface area (Å²) in [6.07, 6.45) is -2.30. The molecule has 0 fully saturated rings. The van der Waals surface area contributed by atoms with Crippen molar-refractivity contribution in [2.75, 3.05) is 11.9 Å². The van der Waals surface area contributed by atoms with E-state index in [-0.39, 0.29) is 12.1 Å². The summed E-state index contributed by atoms with van der Waals surface area (Å²) in [5.74, 6) is 0. The predicted molar refractivity (Wildman–Crippen MR) is 76.8 cm³/mol. The topological polar surface area (TPSA) is 45.1 Å². The fourth-order valence-corrected chi connectivity index (χ4v) is 2.13. The standard InChI is InChI=1S/C14H12BrF3N2O/c15-11-5-12(7-19-6-11)20-8-13(21)9-2-1-3-10(4-9)14(16,17)18/h1-7,13,20-21H,8H2. The van der Waals surface area contributed by atoms with Crippen LogP contribution >= 0.6 is 15.9 Å². The zero-order valence-electron chi connectivity index (χ0n) is 10.7. The van der Waals surface area contributed by atoms with Gasteiger partial charge in [0.1, 0.15) is 0 Å². The Morgan fingerprint density at radius 1 is 1.24 bits per heavy atom. The number of aliphatic hydroxyl groups is 1. The van der Waals surface area contributed by atoms with Gasteiger partial charge in [0.25, 0.3) is 0 Å². The summed E-state index contributed by atoms with van der Waals surface area (Å²) in [4.78, 5) is 3.94. The maximum atomic E-state index is 12.6. The van der Waals surface area contributed by atoms with Crippen molar-refractivity contribution in [3.63, 3.8) is 0 Å². The van der Waals surface area contributed by atoms with Crippen molar-refractivity contribution >= 4 is 21.6 Å². The third-order valence-electron chi connectivity index (χ3n) is 2.80. The Morgan fingerprint density at radius 2 is 2.00 bits per heavy atom. The molecular formula is C14H12BrF3N2O. The van der Waals surface area contributed by atoms with Gasteiger partial charge in [-0.15, -0.1) is 0 Å². The van der Waals surface area contributed by atoms with Gasteiger partial charge in [-0.2, -0.15) is 13.2 Å². The van der Waals surface area contributed by atoms with E-state index in [0.717, 1.165) is 16.6 Å². The molecule has 0 aliphatic heterocycles. The highest BCUT2D eigenvalue weighted by Gasteiger charge is 2.30. The largest absolute Gasteiger partial charge is 0.416 e. The molecule has 112 valence electrons. The van der Waals surface area contributed by atoms with Crippen LogP contribution in [-0.4, -0.2) is 16.6 Å². The van der Waals surface area contributed by atoms with Gasteiger partial charge in [0.2, 0.25) is 0 Å². The lowest BCUT2D eigenvalue weighted by Crippen LogP contribution is -2.13. The summed E-state index contributed by atoms with van der Waals surface area (Å²) >= 11 is 3.26. The first kappa shape index (κ1) is 15.8. The third-order valence-corrected chi connectivity index (χ3v) is 3.24. The SMILES string of the molecule is OC(CNc1cncc(Br)c1)c1cccc(C(F)(F)F)c1. The van der Waals surface area contributed by atoms with Gasteiger partial charge in [-0.05, 0) is 39.7 Å². The Hall–Kier alpha value is -1.60. The first-order valence-corrected chi connectivity index (χ1v) is 6.85. The summed E-state index contributed by atoms with van der Waals surface area (Å²) in [5.41, 5.74) is 0.0962. The van der Waals surface area contributed by atoms with Crippen LogP contribution in [0.25, 0.3) is 0 Å². The fraction of sp³-hybridized carbons (Fsp3) is 0.214. The Labute approximate surface area is 128 Å². The second-order valence-electron chi connectivity index (χ2n) is 4.41. The van der Waals surface area contributed by atoms with Gasteiger partial charge in [0.05, 0.1) is 23.6 Å². The van der Waals surface area contributed by atoms with E-state index < -0.39 is 17.8 Å². The minimum Gasteiger partial charge on any atom is -0.387 e. The van der Waals surface area contributed by atoms with E-state index >= 15 is 0 Å². The van der Waals surface area contributed by atoms with Crippen molar-refractivity contribution in [2.24, 2.45) is 0 Å². The first-order chi connectivity index (χ1) is 9.86. The minimum absolute atomic E-state index is 0.0828. The second-order valence-corrected chi connectivity index (χ2v) is 5.33. The average Bonchev–Trinajstić information content (AvgIpc) is 2.44. The van der Waals surface area contributed by atoms with E-state index in [1.54, 1.807) is 18.5 Å². The molecule has 2 aromatic rings. The molecule has 1 atom stereocenters. The number of halogens is 4. The van der Waals surface area contributed by atoms with Gasteiger partial charge in [0.15, 0.2) is 0 Å². The molecule has 1 aromatic carbocycles. The molecule has 0 saturated heterocycles. The van der Waals surface area contributed by atoms with E-state index in [9.17, 15) is 18.3 Å². The van der Waals surface area contributed by atoms with E-state index in [1.165, 1.54) is 12.1 Å². The molecule has 0 spiro atoms. The summed E-state index contributed by atoms with van der Waals surface area (Å²) in [7, 11) is 0. The predicted octanol–water partition coefficient (Wildman–Crippen LogP) is 4.01. The number of aliphatic hydroxyl groups excluding tert-OH is 1. The van der Waals surface area contributed by atoms with Crippen molar-refractivity contribution in [2.45, 2.75) is 12.3 Å². The number of nitrogens with one attached hydrogen (secondary N) is 1. The lowest BCUT2D eigenvalue weighted by molar-refractivity contribution is -0.137. The van der Waals surface area contributed by atoms with Crippen LogP contribution in [0.3, 0.4) is 0 Å². The smallest absolute Gasteiger partial charge is 0.387 e. The summed E-state index contributed by atoms with van der Waals surface area (Å²) in [6.45, 7) is 0.0828. The van der Waals surface area contributed by atoms with E-state index in [1.807, 2.05) is 0 Å². The van der Waals surface area contributed by atoms with Crippen molar-refractivity contribution in [1.82, 2.24) is 4.98 Å². The van der Waals surface area contributed by atoms with Gasteiger partial charge in [-0.3, -0.25) is 4.98 Å². The molecule has 1 unspecified atom stereocenters. The lowest BCUT2D eigenvalue weighted by atomic mass is 10.1. The van der Waals surface area contributed by atoms with Crippen LogP contribution in [0.4, 0.5) is 18.9 Å². The zero-order chi connectivity index (χ0) is 15.5. The lowest BCUT2D eigenvalue weighted by Gasteiger charge is -2.15. The first-order valence-electron chi connectivity index (χ1n) is 6.06. The summed E-state index contributed by atoms with van der Waals surface area (Å²) in [6, 6.07) is 6.42. The molecule has 0 saturated carbocycles.